The van der Waals surface area contributed by atoms with Crippen LogP contribution in [0, 0.1) is 5.95 Å². The van der Waals surface area contributed by atoms with Gasteiger partial charge < -0.3 is 9.55 Å². The lowest BCUT2D eigenvalue weighted by Gasteiger charge is -2.04. The molecule has 0 saturated heterocycles. The van der Waals surface area contributed by atoms with Crippen molar-refractivity contribution in [3.8, 4) is 11.5 Å². The Bertz CT molecular complexity index is 1000. The van der Waals surface area contributed by atoms with E-state index in [0.717, 1.165) is 29.2 Å². The van der Waals surface area contributed by atoms with Gasteiger partial charge >= 0.3 is 0 Å². The van der Waals surface area contributed by atoms with Crippen LogP contribution in [-0.2, 0) is 13.0 Å². The van der Waals surface area contributed by atoms with Crippen LogP contribution in [0.2, 0.25) is 0 Å². The monoisotopic (exact) mass is 322 g/mol. The lowest BCUT2D eigenvalue weighted by molar-refractivity contribution is 0.585. The van der Waals surface area contributed by atoms with Crippen LogP contribution >= 0.6 is 0 Å². The lowest BCUT2D eigenvalue weighted by atomic mass is 10.3. The Balaban J connectivity index is 1.67. The number of rotatable bonds is 4. The van der Waals surface area contributed by atoms with Gasteiger partial charge in [0.15, 0.2) is 11.5 Å². The highest BCUT2D eigenvalue weighted by Crippen LogP contribution is 2.18. The second-order valence-electron chi connectivity index (χ2n) is 5.40. The normalized spacial score (nSPS) is 11.2. The maximum atomic E-state index is 13.3. The van der Waals surface area contributed by atoms with Gasteiger partial charge in [-0.3, -0.25) is 0 Å². The Morgan fingerprint density at radius 1 is 1.12 bits per heavy atom. The molecular weight excluding hydrogens is 307 g/mol. The van der Waals surface area contributed by atoms with Crippen molar-refractivity contribution in [3.63, 3.8) is 0 Å². The molecule has 4 heterocycles. The molecule has 4 aromatic heterocycles. The molecule has 0 aliphatic heterocycles. The number of hydrogen-bond acceptors (Lipinski definition) is 4. The smallest absolute Gasteiger partial charge is 0.213 e. The highest BCUT2D eigenvalue weighted by Gasteiger charge is 2.13. The zero-order chi connectivity index (χ0) is 16.5. The summed E-state index contributed by atoms with van der Waals surface area (Å²) in [6, 6.07) is 8.56. The zero-order valence-corrected chi connectivity index (χ0v) is 13.1. The number of pyridine rings is 2. The summed E-state index contributed by atoms with van der Waals surface area (Å²) in [5.41, 5.74) is 3.12. The van der Waals surface area contributed by atoms with Gasteiger partial charge in [-0.15, -0.1) is 0 Å². The summed E-state index contributed by atoms with van der Waals surface area (Å²) in [4.78, 5) is 20.2. The van der Waals surface area contributed by atoms with E-state index in [9.17, 15) is 4.39 Å². The molecule has 0 radical (unpaired) electrons. The summed E-state index contributed by atoms with van der Waals surface area (Å²) in [7, 11) is 0. The molecule has 1 N–H and O–H groups in total. The summed E-state index contributed by atoms with van der Waals surface area (Å²) >= 11 is 0. The molecule has 0 aliphatic carbocycles. The number of aryl methyl sites for hydroxylation is 1. The number of hydrogen-bond donors (Lipinski definition) is 1. The summed E-state index contributed by atoms with van der Waals surface area (Å²) in [6.07, 6.45) is 4.06. The minimum Gasteiger partial charge on any atom is -0.340 e. The van der Waals surface area contributed by atoms with Crippen molar-refractivity contribution in [1.82, 2.24) is 29.5 Å². The molecule has 0 amide bonds. The van der Waals surface area contributed by atoms with E-state index in [2.05, 4.69) is 36.4 Å². The van der Waals surface area contributed by atoms with Crippen LogP contribution < -0.4 is 0 Å². The topological polar surface area (TPSA) is 72.3 Å². The molecule has 6 nitrogen and oxygen atoms in total. The molecule has 0 fully saturated rings. The molecule has 0 unspecified atom stereocenters. The van der Waals surface area contributed by atoms with E-state index in [0.29, 0.717) is 17.9 Å². The number of nitrogens with zero attached hydrogens (tertiary/aromatic N) is 5. The molecule has 0 atom stereocenters. The molecule has 4 aromatic rings. The van der Waals surface area contributed by atoms with Gasteiger partial charge in [0.1, 0.15) is 11.5 Å². The van der Waals surface area contributed by atoms with Gasteiger partial charge in [0, 0.05) is 31.1 Å². The minimum absolute atomic E-state index is 0.479. The second-order valence-corrected chi connectivity index (χ2v) is 5.40. The van der Waals surface area contributed by atoms with E-state index in [1.165, 1.54) is 6.07 Å². The van der Waals surface area contributed by atoms with Crippen molar-refractivity contribution in [2.75, 3.05) is 0 Å². The number of H-pyrrole nitrogens is 1. The second kappa shape index (κ2) is 5.84. The molecule has 0 bridgehead atoms. The Morgan fingerprint density at radius 2 is 2.04 bits per heavy atom. The number of fused-ring (bicyclic) bond motifs is 1. The van der Waals surface area contributed by atoms with Crippen LogP contribution in [0.25, 0.3) is 22.7 Å². The fourth-order valence-corrected chi connectivity index (χ4v) is 2.78. The summed E-state index contributed by atoms with van der Waals surface area (Å²) in [5, 5.41) is 0. The largest absolute Gasteiger partial charge is 0.340 e. The number of aromatic amines is 1. The molecule has 0 aromatic carbocycles. The third-order valence-electron chi connectivity index (χ3n) is 3.85. The Morgan fingerprint density at radius 3 is 2.88 bits per heavy atom. The number of imidazole rings is 2. The molecule has 0 saturated carbocycles. The van der Waals surface area contributed by atoms with Crippen LogP contribution in [-0.4, -0.2) is 29.5 Å². The maximum Gasteiger partial charge on any atom is 0.213 e. The van der Waals surface area contributed by atoms with Crippen LogP contribution in [0.3, 0.4) is 0 Å². The van der Waals surface area contributed by atoms with Crippen LogP contribution in [0.5, 0.6) is 0 Å². The standard InChI is InChI=1S/C17H15FN6/c1-2-24-13-6-4-8-19-17(13)23-15(24)9-11-10-20-16(21-11)12-5-3-7-14(18)22-12/h3-8,10H,2,9H2,1H3,(H,20,21). The van der Waals surface area contributed by atoms with Gasteiger partial charge in [0.25, 0.3) is 0 Å². The molecule has 0 spiro atoms. The Hall–Kier alpha value is -3.09. The van der Waals surface area contributed by atoms with Gasteiger partial charge in [-0.05, 0) is 31.2 Å². The number of aromatic nitrogens is 6. The average molecular weight is 322 g/mol. The molecular formula is C17H15FN6. The van der Waals surface area contributed by atoms with Crippen molar-refractivity contribution in [2.45, 2.75) is 19.9 Å². The van der Waals surface area contributed by atoms with Gasteiger partial charge in [-0.2, -0.15) is 4.39 Å². The third-order valence-corrected chi connectivity index (χ3v) is 3.85. The Labute approximate surface area is 137 Å². The van der Waals surface area contributed by atoms with Gasteiger partial charge in [-0.1, -0.05) is 6.07 Å². The van der Waals surface area contributed by atoms with Crippen molar-refractivity contribution < 1.29 is 4.39 Å². The van der Waals surface area contributed by atoms with E-state index in [4.69, 9.17) is 0 Å². The zero-order valence-electron chi connectivity index (χ0n) is 13.1. The van der Waals surface area contributed by atoms with Crippen LogP contribution in [0.4, 0.5) is 4.39 Å². The fourth-order valence-electron chi connectivity index (χ4n) is 2.78. The molecule has 24 heavy (non-hydrogen) atoms. The molecule has 0 aliphatic rings. The van der Waals surface area contributed by atoms with Crippen LogP contribution in [0.1, 0.15) is 18.4 Å². The highest BCUT2D eigenvalue weighted by molar-refractivity contribution is 5.71. The van der Waals surface area contributed by atoms with E-state index in [-0.39, 0.29) is 0 Å². The highest BCUT2D eigenvalue weighted by atomic mass is 19.1. The molecule has 7 heteroatoms. The van der Waals surface area contributed by atoms with Crippen molar-refractivity contribution >= 4 is 11.2 Å². The molecule has 4 rings (SSSR count). The van der Waals surface area contributed by atoms with Crippen molar-refractivity contribution in [3.05, 3.63) is 60.2 Å². The van der Waals surface area contributed by atoms with E-state index in [1.54, 1.807) is 24.5 Å². The van der Waals surface area contributed by atoms with Crippen molar-refractivity contribution in [1.29, 1.82) is 0 Å². The quantitative estimate of drug-likeness (QED) is 0.586. The summed E-state index contributed by atoms with van der Waals surface area (Å²) in [5.74, 6) is 0.930. The molecule has 120 valence electrons. The van der Waals surface area contributed by atoms with Gasteiger partial charge in [0.2, 0.25) is 5.95 Å². The van der Waals surface area contributed by atoms with E-state index >= 15 is 0 Å². The van der Waals surface area contributed by atoms with E-state index in [1.807, 2.05) is 12.1 Å². The fraction of sp³-hybridized carbons (Fsp3) is 0.176. The minimum atomic E-state index is -0.524. The average Bonchev–Trinajstić information content (AvgIpc) is 3.19. The predicted molar refractivity (Wildman–Crippen MR) is 87.8 cm³/mol. The number of nitrogens with one attached hydrogen (secondary N) is 1. The summed E-state index contributed by atoms with van der Waals surface area (Å²) in [6.45, 7) is 2.89. The Kier molecular flexibility index (Phi) is 3.53. The maximum absolute atomic E-state index is 13.3. The first-order valence-corrected chi connectivity index (χ1v) is 7.71. The third kappa shape index (κ3) is 2.54. The van der Waals surface area contributed by atoms with E-state index < -0.39 is 5.95 Å². The van der Waals surface area contributed by atoms with Gasteiger partial charge in [0.05, 0.1) is 5.52 Å². The number of halogens is 1. The first-order valence-electron chi connectivity index (χ1n) is 7.71. The van der Waals surface area contributed by atoms with Crippen LogP contribution in [0.15, 0.2) is 42.7 Å². The first kappa shape index (κ1) is 14.5. The predicted octanol–water partition coefficient (Wildman–Crippen LogP) is 2.97. The SMILES string of the molecule is CCn1c(Cc2cnc(-c3cccc(F)n3)[nH]2)nc2ncccc21. The first-order chi connectivity index (χ1) is 11.7. The lowest BCUT2D eigenvalue weighted by Crippen LogP contribution is -2.02. The van der Waals surface area contributed by atoms with Gasteiger partial charge in [-0.25, -0.2) is 19.9 Å². The summed E-state index contributed by atoms with van der Waals surface area (Å²) < 4.78 is 15.4. The van der Waals surface area contributed by atoms with Crippen molar-refractivity contribution in [2.24, 2.45) is 0 Å².